The maximum atomic E-state index is 14.1. The summed E-state index contributed by atoms with van der Waals surface area (Å²) in [6.07, 6.45) is 0.576. The Morgan fingerprint density at radius 1 is 1.11 bits per heavy atom. The minimum atomic E-state index is -0.887. The quantitative estimate of drug-likeness (QED) is 0.579. The van der Waals surface area contributed by atoms with E-state index in [4.69, 9.17) is 26.8 Å². The van der Waals surface area contributed by atoms with Gasteiger partial charge in [-0.1, -0.05) is 41.9 Å². The molecule has 1 unspecified atom stereocenters. The number of pyridine rings is 1. The molecule has 1 atom stereocenters. The highest BCUT2D eigenvalue weighted by Crippen LogP contribution is 2.34. The molecule has 0 bridgehead atoms. The molecule has 0 aliphatic carbocycles. The Balaban J connectivity index is 1.78. The second-order valence-electron chi connectivity index (χ2n) is 5.85. The van der Waals surface area contributed by atoms with Crippen molar-refractivity contribution in [2.45, 2.75) is 19.6 Å². The van der Waals surface area contributed by atoms with Crippen LogP contribution in [0.1, 0.15) is 24.2 Å². The molecule has 0 saturated heterocycles. The van der Waals surface area contributed by atoms with Crippen molar-refractivity contribution in [3.63, 3.8) is 0 Å². The molecule has 2 N–H and O–H groups in total. The molecule has 4 nitrogen and oxygen atoms in total. The van der Waals surface area contributed by atoms with Crippen LogP contribution in [0, 0.1) is 11.6 Å². The summed E-state index contributed by atoms with van der Waals surface area (Å²) in [4.78, 5) is 4.03. The molecule has 0 saturated carbocycles. The van der Waals surface area contributed by atoms with E-state index in [2.05, 4.69) is 4.98 Å². The first-order valence-electron chi connectivity index (χ1n) is 8.18. The molecular formula is C20H17ClF2N2O2. The first kappa shape index (κ1) is 18.9. The fourth-order valence-electron chi connectivity index (χ4n) is 2.52. The highest BCUT2D eigenvalue weighted by atomic mass is 35.5. The molecule has 0 fully saturated rings. The fourth-order valence-corrected chi connectivity index (χ4v) is 2.82. The predicted molar refractivity (Wildman–Crippen MR) is 99.8 cm³/mol. The van der Waals surface area contributed by atoms with Crippen LogP contribution in [0.2, 0.25) is 5.02 Å². The molecule has 1 aromatic heterocycles. The van der Waals surface area contributed by atoms with Gasteiger partial charge in [0.2, 0.25) is 0 Å². The molecular weight excluding hydrogens is 374 g/mol. The Labute approximate surface area is 160 Å². The van der Waals surface area contributed by atoms with Crippen molar-refractivity contribution < 1.29 is 18.3 Å². The molecule has 0 amide bonds. The molecule has 0 aliphatic heterocycles. The van der Waals surface area contributed by atoms with E-state index >= 15 is 0 Å². The van der Waals surface area contributed by atoms with Crippen molar-refractivity contribution in [3.05, 3.63) is 82.5 Å². The van der Waals surface area contributed by atoms with Crippen LogP contribution >= 0.6 is 11.6 Å². The van der Waals surface area contributed by atoms with Crippen LogP contribution in [0.5, 0.6) is 11.5 Å². The average molecular weight is 391 g/mol. The van der Waals surface area contributed by atoms with Crippen molar-refractivity contribution in [2.24, 2.45) is 0 Å². The Morgan fingerprint density at radius 3 is 2.56 bits per heavy atom. The smallest absolute Gasteiger partial charge is 0.166 e. The van der Waals surface area contributed by atoms with Crippen LogP contribution in [0.15, 0.2) is 54.7 Å². The number of anilines is 1. The molecule has 7 heteroatoms. The van der Waals surface area contributed by atoms with Gasteiger partial charge in [0.25, 0.3) is 0 Å². The Kier molecular flexibility index (Phi) is 5.76. The van der Waals surface area contributed by atoms with Crippen LogP contribution in [0.25, 0.3) is 0 Å². The molecule has 140 valence electrons. The van der Waals surface area contributed by atoms with E-state index in [1.165, 1.54) is 6.20 Å². The van der Waals surface area contributed by atoms with Gasteiger partial charge >= 0.3 is 0 Å². The second-order valence-corrected chi connectivity index (χ2v) is 6.22. The van der Waals surface area contributed by atoms with Gasteiger partial charge in [0.1, 0.15) is 30.1 Å². The lowest BCUT2D eigenvalue weighted by Crippen LogP contribution is -2.09. The van der Waals surface area contributed by atoms with E-state index in [-0.39, 0.29) is 22.2 Å². The van der Waals surface area contributed by atoms with Gasteiger partial charge < -0.3 is 15.2 Å². The normalized spacial score (nSPS) is 11.9. The lowest BCUT2D eigenvalue weighted by atomic mass is 10.1. The highest BCUT2D eigenvalue weighted by Gasteiger charge is 2.21. The van der Waals surface area contributed by atoms with Gasteiger partial charge in [-0.15, -0.1) is 0 Å². The van der Waals surface area contributed by atoms with Gasteiger partial charge in [-0.2, -0.15) is 0 Å². The zero-order chi connectivity index (χ0) is 19.4. The molecule has 0 radical (unpaired) electrons. The van der Waals surface area contributed by atoms with Crippen LogP contribution in [0.3, 0.4) is 0 Å². The number of halogens is 3. The largest absolute Gasteiger partial charge is 0.487 e. The van der Waals surface area contributed by atoms with Crippen LogP contribution in [-0.2, 0) is 6.61 Å². The molecule has 0 spiro atoms. The second kappa shape index (κ2) is 8.22. The van der Waals surface area contributed by atoms with Crippen molar-refractivity contribution in [1.82, 2.24) is 4.98 Å². The van der Waals surface area contributed by atoms with E-state index in [1.54, 1.807) is 13.0 Å². The number of hydrogen-bond acceptors (Lipinski definition) is 4. The lowest BCUT2D eigenvalue weighted by Gasteiger charge is -2.18. The third-order valence-electron chi connectivity index (χ3n) is 3.89. The maximum Gasteiger partial charge on any atom is 0.166 e. The average Bonchev–Trinajstić information content (AvgIpc) is 2.66. The summed E-state index contributed by atoms with van der Waals surface area (Å²) in [5.74, 6) is -0.679. The predicted octanol–water partition coefficient (Wildman–Crippen LogP) is 5.31. The summed E-state index contributed by atoms with van der Waals surface area (Å²) in [6.45, 7) is 1.88. The van der Waals surface area contributed by atoms with Crippen molar-refractivity contribution in [1.29, 1.82) is 0 Å². The monoisotopic (exact) mass is 390 g/mol. The number of hydrogen-bond donors (Lipinski definition) is 1. The zero-order valence-electron chi connectivity index (χ0n) is 14.5. The fraction of sp³-hybridized carbons (Fsp3) is 0.150. The van der Waals surface area contributed by atoms with Gasteiger partial charge in [-0.3, -0.25) is 0 Å². The molecule has 1 heterocycles. The van der Waals surface area contributed by atoms with Crippen molar-refractivity contribution >= 4 is 17.4 Å². The van der Waals surface area contributed by atoms with Crippen molar-refractivity contribution in [2.75, 3.05) is 5.73 Å². The van der Waals surface area contributed by atoms with Crippen LogP contribution in [0.4, 0.5) is 14.6 Å². The Bertz CT molecular complexity index is 939. The minimum absolute atomic E-state index is 0.0910. The molecule has 27 heavy (non-hydrogen) atoms. The standard InChI is InChI=1S/C20H17ClF2N2O2/c1-12(18-15(22)7-8-16(23)19(18)21)27-17-9-14(10-25-20(17)24)26-11-13-5-3-2-4-6-13/h2-10,12H,11H2,1H3,(H2,24,25). The summed E-state index contributed by atoms with van der Waals surface area (Å²) in [5, 5.41) is -0.328. The lowest BCUT2D eigenvalue weighted by molar-refractivity contribution is 0.219. The molecule has 3 aromatic rings. The third-order valence-corrected chi connectivity index (χ3v) is 4.28. The Hall–Kier alpha value is -2.86. The first-order valence-corrected chi connectivity index (χ1v) is 8.55. The number of nitrogen functional groups attached to an aromatic ring is 1. The third kappa shape index (κ3) is 4.46. The van der Waals surface area contributed by atoms with Gasteiger partial charge in [0.05, 0.1) is 11.2 Å². The van der Waals surface area contributed by atoms with Gasteiger partial charge in [-0.05, 0) is 24.6 Å². The summed E-state index contributed by atoms with van der Waals surface area (Å²) in [7, 11) is 0. The van der Waals surface area contributed by atoms with E-state index in [0.29, 0.717) is 12.4 Å². The summed E-state index contributed by atoms with van der Waals surface area (Å²) >= 11 is 5.88. The molecule has 2 aromatic carbocycles. The van der Waals surface area contributed by atoms with Crippen LogP contribution in [-0.4, -0.2) is 4.98 Å². The topological polar surface area (TPSA) is 57.4 Å². The summed E-state index contributed by atoms with van der Waals surface area (Å²) < 4.78 is 39.1. The van der Waals surface area contributed by atoms with Crippen LogP contribution < -0.4 is 15.2 Å². The summed E-state index contributed by atoms with van der Waals surface area (Å²) in [6, 6.07) is 13.1. The number of nitrogens with zero attached hydrogens (tertiary/aromatic N) is 1. The number of nitrogens with two attached hydrogens (primary N) is 1. The van der Waals surface area contributed by atoms with Crippen molar-refractivity contribution in [3.8, 4) is 11.5 Å². The SMILES string of the molecule is CC(Oc1cc(OCc2ccccc2)cnc1N)c1c(F)ccc(F)c1Cl. The molecule has 3 rings (SSSR count). The van der Waals surface area contributed by atoms with E-state index in [0.717, 1.165) is 17.7 Å². The number of ether oxygens (including phenoxy) is 2. The number of benzene rings is 2. The Morgan fingerprint density at radius 2 is 1.81 bits per heavy atom. The maximum absolute atomic E-state index is 14.1. The van der Waals surface area contributed by atoms with Gasteiger partial charge in [0.15, 0.2) is 11.6 Å². The molecule has 0 aliphatic rings. The van der Waals surface area contributed by atoms with Gasteiger partial charge in [-0.25, -0.2) is 13.8 Å². The number of rotatable bonds is 6. The minimum Gasteiger partial charge on any atom is -0.487 e. The van der Waals surface area contributed by atoms with E-state index in [1.807, 2.05) is 30.3 Å². The first-order chi connectivity index (χ1) is 13.0. The summed E-state index contributed by atoms with van der Waals surface area (Å²) in [5.41, 5.74) is 6.73. The van der Waals surface area contributed by atoms with Gasteiger partial charge in [0, 0.05) is 11.6 Å². The number of aromatic nitrogens is 1. The van der Waals surface area contributed by atoms with E-state index < -0.39 is 17.7 Å². The van der Waals surface area contributed by atoms with E-state index in [9.17, 15) is 8.78 Å². The highest BCUT2D eigenvalue weighted by molar-refractivity contribution is 6.31. The zero-order valence-corrected chi connectivity index (χ0v) is 15.2.